The van der Waals surface area contributed by atoms with Gasteiger partial charge in [-0.3, -0.25) is 14.9 Å². The second kappa shape index (κ2) is 9.94. The Morgan fingerprint density at radius 1 is 1.21 bits per heavy atom. The van der Waals surface area contributed by atoms with Crippen molar-refractivity contribution in [1.82, 2.24) is 14.9 Å². The number of amides is 1. The first kappa shape index (κ1) is 23.3. The first-order chi connectivity index (χ1) is 16.4. The predicted molar refractivity (Wildman–Crippen MR) is 129 cm³/mol. The summed E-state index contributed by atoms with van der Waals surface area (Å²) < 4.78 is 7.07. The molecule has 1 N–H and O–H groups in total. The van der Waals surface area contributed by atoms with E-state index < -0.39 is 16.9 Å². The summed E-state index contributed by atoms with van der Waals surface area (Å²) in [4.78, 5) is 31.1. The Morgan fingerprint density at radius 3 is 2.50 bits per heavy atom. The number of aryl methyl sites for hydroxylation is 1. The number of nitrogens with zero attached hydrogens (tertiary/aromatic N) is 4. The zero-order valence-corrected chi connectivity index (χ0v) is 19.6. The lowest BCUT2D eigenvalue weighted by atomic mass is 9.98. The minimum Gasteiger partial charge on any atom is -0.497 e. The van der Waals surface area contributed by atoms with Gasteiger partial charge in [0.25, 0.3) is 11.6 Å². The molecule has 2 aromatic carbocycles. The standard InChI is InChI=1S/C25H29N5O4/c1-17-10-13-29(14-11-17)21-9-6-19(16-22(21)30(32)33)25(31)27-23(24-26-12-15-28(24)2)18-4-7-20(34-3)8-5-18/h4-9,12,15-17,23H,10-11,13-14H2,1-3H3,(H,27,31). The fourth-order valence-electron chi connectivity index (χ4n) is 4.29. The van der Waals surface area contributed by atoms with E-state index in [0.29, 0.717) is 23.2 Å². The summed E-state index contributed by atoms with van der Waals surface area (Å²) in [7, 11) is 3.44. The lowest BCUT2D eigenvalue weighted by Gasteiger charge is -2.31. The maximum absolute atomic E-state index is 13.3. The molecule has 1 aliphatic rings. The summed E-state index contributed by atoms with van der Waals surface area (Å²) in [5.74, 6) is 1.55. The summed E-state index contributed by atoms with van der Waals surface area (Å²) in [6, 6.07) is 11.5. The molecule has 4 rings (SSSR count). The SMILES string of the molecule is COc1ccc(C(NC(=O)c2ccc(N3CCC(C)CC3)c([N+](=O)[O-])c2)c2nccn2C)cc1. The molecule has 0 aliphatic carbocycles. The fraction of sp³-hybridized carbons (Fsp3) is 0.360. The number of imidazole rings is 1. The number of carbonyl (C=O) groups is 1. The second-order valence-electron chi connectivity index (χ2n) is 8.71. The monoisotopic (exact) mass is 463 g/mol. The van der Waals surface area contributed by atoms with E-state index in [-0.39, 0.29) is 11.3 Å². The largest absolute Gasteiger partial charge is 0.497 e. The number of piperidine rings is 1. The van der Waals surface area contributed by atoms with Crippen LogP contribution >= 0.6 is 0 Å². The smallest absolute Gasteiger partial charge is 0.293 e. The number of aromatic nitrogens is 2. The van der Waals surface area contributed by atoms with E-state index in [1.54, 1.807) is 31.6 Å². The number of benzene rings is 2. The molecule has 34 heavy (non-hydrogen) atoms. The van der Waals surface area contributed by atoms with Crippen LogP contribution in [0.25, 0.3) is 0 Å². The van der Waals surface area contributed by atoms with Crippen LogP contribution in [0, 0.1) is 16.0 Å². The lowest BCUT2D eigenvalue weighted by molar-refractivity contribution is -0.384. The minimum atomic E-state index is -0.541. The van der Waals surface area contributed by atoms with Gasteiger partial charge in [-0.15, -0.1) is 0 Å². The van der Waals surface area contributed by atoms with Crippen molar-refractivity contribution in [2.45, 2.75) is 25.8 Å². The molecule has 9 nitrogen and oxygen atoms in total. The molecule has 2 heterocycles. The van der Waals surface area contributed by atoms with Crippen LogP contribution in [0.1, 0.15) is 47.6 Å². The molecule has 1 aromatic heterocycles. The van der Waals surface area contributed by atoms with Crippen LogP contribution in [0.4, 0.5) is 11.4 Å². The Bertz CT molecular complexity index is 1170. The van der Waals surface area contributed by atoms with Crippen molar-refractivity contribution < 1.29 is 14.5 Å². The van der Waals surface area contributed by atoms with Crippen molar-refractivity contribution in [2.75, 3.05) is 25.1 Å². The van der Waals surface area contributed by atoms with Crippen molar-refractivity contribution in [2.24, 2.45) is 13.0 Å². The Balaban J connectivity index is 1.63. The molecule has 0 bridgehead atoms. The van der Waals surface area contributed by atoms with Crippen LogP contribution in [-0.2, 0) is 7.05 Å². The average Bonchev–Trinajstić information content (AvgIpc) is 3.28. The number of ether oxygens (including phenoxy) is 1. The third-order valence-electron chi connectivity index (χ3n) is 6.40. The molecule has 1 atom stereocenters. The van der Waals surface area contributed by atoms with Crippen LogP contribution in [0.3, 0.4) is 0 Å². The van der Waals surface area contributed by atoms with Crippen molar-refractivity contribution in [3.05, 3.63) is 81.9 Å². The van der Waals surface area contributed by atoms with Gasteiger partial charge in [0, 0.05) is 44.2 Å². The van der Waals surface area contributed by atoms with Gasteiger partial charge >= 0.3 is 0 Å². The highest BCUT2D eigenvalue weighted by Crippen LogP contribution is 2.33. The number of anilines is 1. The molecule has 1 amide bonds. The predicted octanol–water partition coefficient (Wildman–Crippen LogP) is 4.09. The number of carbonyl (C=O) groups excluding carboxylic acids is 1. The van der Waals surface area contributed by atoms with Crippen molar-refractivity contribution in [3.8, 4) is 5.75 Å². The normalized spacial score (nSPS) is 15.1. The number of hydrogen-bond acceptors (Lipinski definition) is 6. The van der Waals surface area contributed by atoms with Gasteiger partial charge in [-0.2, -0.15) is 0 Å². The van der Waals surface area contributed by atoms with E-state index in [0.717, 1.165) is 31.5 Å². The molecule has 0 saturated carbocycles. The summed E-state index contributed by atoms with van der Waals surface area (Å²) in [6.07, 6.45) is 5.45. The summed E-state index contributed by atoms with van der Waals surface area (Å²) in [5, 5.41) is 14.9. The molecule has 1 fully saturated rings. The number of rotatable bonds is 7. The maximum atomic E-state index is 13.3. The minimum absolute atomic E-state index is 0.0554. The zero-order valence-electron chi connectivity index (χ0n) is 19.6. The summed E-state index contributed by atoms with van der Waals surface area (Å²) in [6.45, 7) is 3.73. The molecule has 1 saturated heterocycles. The van der Waals surface area contributed by atoms with Crippen LogP contribution in [-0.4, -0.2) is 40.6 Å². The summed E-state index contributed by atoms with van der Waals surface area (Å²) >= 11 is 0. The van der Waals surface area contributed by atoms with E-state index in [1.807, 2.05) is 40.8 Å². The van der Waals surface area contributed by atoms with Gasteiger partial charge in [-0.25, -0.2) is 4.98 Å². The Kier molecular flexibility index (Phi) is 6.81. The first-order valence-corrected chi connectivity index (χ1v) is 11.3. The number of hydrogen-bond donors (Lipinski definition) is 1. The quantitative estimate of drug-likeness (QED) is 0.418. The van der Waals surface area contributed by atoms with Gasteiger partial charge in [-0.1, -0.05) is 19.1 Å². The topological polar surface area (TPSA) is 103 Å². The highest BCUT2D eigenvalue weighted by Gasteiger charge is 2.26. The van der Waals surface area contributed by atoms with Gasteiger partial charge in [0.05, 0.1) is 12.0 Å². The van der Waals surface area contributed by atoms with Crippen LogP contribution in [0.2, 0.25) is 0 Å². The molecule has 0 radical (unpaired) electrons. The van der Waals surface area contributed by atoms with Crippen LogP contribution < -0.4 is 15.0 Å². The summed E-state index contributed by atoms with van der Waals surface area (Å²) in [5.41, 5.74) is 1.55. The van der Waals surface area contributed by atoms with Crippen molar-refractivity contribution >= 4 is 17.3 Å². The lowest BCUT2D eigenvalue weighted by Crippen LogP contribution is -2.33. The number of nitro benzene ring substituents is 1. The number of nitro groups is 1. The number of nitrogens with one attached hydrogen (secondary N) is 1. The molecule has 1 unspecified atom stereocenters. The zero-order chi connectivity index (χ0) is 24.2. The molecular formula is C25H29N5O4. The molecule has 1 aliphatic heterocycles. The van der Waals surface area contributed by atoms with E-state index >= 15 is 0 Å². The van der Waals surface area contributed by atoms with Gasteiger partial charge < -0.3 is 19.5 Å². The third-order valence-corrected chi connectivity index (χ3v) is 6.40. The average molecular weight is 464 g/mol. The molecule has 0 spiro atoms. The van der Waals surface area contributed by atoms with E-state index in [4.69, 9.17) is 4.74 Å². The van der Waals surface area contributed by atoms with E-state index in [2.05, 4.69) is 17.2 Å². The first-order valence-electron chi connectivity index (χ1n) is 11.3. The Hall–Kier alpha value is -3.88. The van der Waals surface area contributed by atoms with Crippen molar-refractivity contribution in [1.29, 1.82) is 0 Å². The molecule has 3 aromatic rings. The van der Waals surface area contributed by atoms with Gasteiger partial charge in [0.1, 0.15) is 23.3 Å². The number of methoxy groups -OCH3 is 1. The molecule has 9 heteroatoms. The van der Waals surface area contributed by atoms with Crippen LogP contribution in [0.5, 0.6) is 5.75 Å². The van der Waals surface area contributed by atoms with Gasteiger partial charge in [-0.05, 0) is 48.6 Å². The van der Waals surface area contributed by atoms with Gasteiger partial charge in [0.15, 0.2) is 0 Å². The Morgan fingerprint density at radius 2 is 1.91 bits per heavy atom. The highest BCUT2D eigenvalue weighted by molar-refractivity contribution is 5.96. The fourth-order valence-corrected chi connectivity index (χ4v) is 4.29. The van der Waals surface area contributed by atoms with Crippen LogP contribution in [0.15, 0.2) is 54.9 Å². The highest BCUT2D eigenvalue weighted by atomic mass is 16.6. The van der Waals surface area contributed by atoms with Crippen molar-refractivity contribution in [3.63, 3.8) is 0 Å². The van der Waals surface area contributed by atoms with Gasteiger partial charge in [0.2, 0.25) is 0 Å². The Labute approximate surface area is 198 Å². The van der Waals surface area contributed by atoms with E-state index in [1.165, 1.54) is 6.07 Å². The maximum Gasteiger partial charge on any atom is 0.293 e. The molecule has 178 valence electrons. The van der Waals surface area contributed by atoms with E-state index in [9.17, 15) is 14.9 Å². The second-order valence-corrected chi connectivity index (χ2v) is 8.71. The third kappa shape index (κ3) is 4.88. The molecular weight excluding hydrogens is 434 g/mol.